The fourth-order valence-electron chi connectivity index (χ4n) is 1.84. The second kappa shape index (κ2) is 6.60. The first-order valence-corrected chi connectivity index (χ1v) is 7.98. The third-order valence-electron chi connectivity index (χ3n) is 2.77. The standard InChI is InChI=1S/C12H8Cl6O4/c1-20-9(19)5-2-3-7-6(4-5)8(11(13,14)15)22-10(21-7)12(16,17)18/h2-4,8,10H,1H3. The molecule has 0 fully saturated rings. The van der Waals surface area contributed by atoms with E-state index in [0.717, 1.165) is 0 Å². The number of halogens is 6. The molecule has 2 atom stereocenters. The average Bonchev–Trinajstić information content (AvgIpc) is 2.42. The zero-order valence-corrected chi connectivity index (χ0v) is 15.3. The number of fused-ring (bicyclic) bond motifs is 1. The number of alkyl halides is 6. The van der Waals surface area contributed by atoms with Crippen molar-refractivity contribution in [2.45, 2.75) is 20.0 Å². The highest BCUT2D eigenvalue weighted by atomic mass is 35.6. The number of hydrogen-bond acceptors (Lipinski definition) is 4. The number of rotatable bonds is 1. The first-order chi connectivity index (χ1) is 10.0. The largest absolute Gasteiger partial charge is 0.465 e. The second-order valence-corrected chi connectivity index (χ2v) is 9.03. The Kier molecular flexibility index (Phi) is 5.55. The van der Waals surface area contributed by atoms with Crippen LogP contribution < -0.4 is 4.74 Å². The lowest BCUT2D eigenvalue weighted by Crippen LogP contribution is -2.42. The number of carbonyl (C=O) groups excluding carboxylic acids is 1. The summed E-state index contributed by atoms with van der Waals surface area (Å²) in [4.78, 5) is 11.6. The van der Waals surface area contributed by atoms with Gasteiger partial charge in [-0.15, -0.1) is 0 Å². The van der Waals surface area contributed by atoms with Crippen molar-refractivity contribution in [3.8, 4) is 5.75 Å². The molecule has 2 unspecified atom stereocenters. The van der Waals surface area contributed by atoms with Crippen molar-refractivity contribution in [3.05, 3.63) is 29.3 Å². The highest BCUT2D eigenvalue weighted by Crippen LogP contribution is 2.51. The van der Waals surface area contributed by atoms with Gasteiger partial charge in [0.2, 0.25) is 10.1 Å². The van der Waals surface area contributed by atoms with Crippen LogP contribution in [0.25, 0.3) is 0 Å². The summed E-state index contributed by atoms with van der Waals surface area (Å²) in [5.74, 6) is -0.291. The molecule has 0 radical (unpaired) electrons. The Morgan fingerprint density at radius 2 is 1.77 bits per heavy atom. The topological polar surface area (TPSA) is 44.8 Å². The van der Waals surface area contributed by atoms with E-state index < -0.39 is 25.9 Å². The van der Waals surface area contributed by atoms with Gasteiger partial charge in [0, 0.05) is 5.56 Å². The number of benzene rings is 1. The highest BCUT2D eigenvalue weighted by molar-refractivity contribution is 6.68. The molecule has 4 nitrogen and oxygen atoms in total. The van der Waals surface area contributed by atoms with Gasteiger partial charge < -0.3 is 14.2 Å². The van der Waals surface area contributed by atoms with Crippen molar-refractivity contribution in [1.82, 2.24) is 0 Å². The molecular formula is C12H8Cl6O4. The molecule has 0 spiro atoms. The number of hydrogen-bond donors (Lipinski definition) is 0. The molecule has 1 aromatic carbocycles. The summed E-state index contributed by atoms with van der Waals surface area (Å²) < 4.78 is 11.8. The predicted octanol–water partition coefficient (Wildman–Crippen LogP) is 4.99. The van der Waals surface area contributed by atoms with E-state index in [9.17, 15) is 4.79 Å². The van der Waals surface area contributed by atoms with Gasteiger partial charge in [0.1, 0.15) is 11.9 Å². The Balaban J connectivity index is 2.49. The van der Waals surface area contributed by atoms with E-state index >= 15 is 0 Å². The van der Waals surface area contributed by atoms with Gasteiger partial charge in [0.25, 0.3) is 3.79 Å². The first kappa shape index (κ1) is 18.5. The Morgan fingerprint density at radius 1 is 1.14 bits per heavy atom. The van der Waals surface area contributed by atoms with E-state index in [0.29, 0.717) is 5.56 Å². The number of methoxy groups -OCH3 is 1. The van der Waals surface area contributed by atoms with Crippen LogP contribution >= 0.6 is 69.6 Å². The van der Waals surface area contributed by atoms with Crippen LogP contribution in [-0.4, -0.2) is 27.0 Å². The van der Waals surface area contributed by atoms with Gasteiger partial charge in [-0.05, 0) is 18.2 Å². The van der Waals surface area contributed by atoms with Crippen molar-refractivity contribution >= 4 is 75.6 Å². The average molecular weight is 429 g/mol. The van der Waals surface area contributed by atoms with Gasteiger partial charge in [0.05, 0.1) is 12.7 Å². The van der Waals surface area contributed by atoms with Crippen LogP contribution in [0.4, 0.5) is 0 Å². The van der Waals surface area contributed by atoms with E-state index in [1.54, 1.807) is 0 Å². The summed E-state index contributed by atoms with van der Waals surface area (Å²) in [5, 5.41) is 0. The molecule has 0 aliphatic carbocycles. The Morgan fingerprint density at radius 3 is 2.27 bits per heavy atom. The minimum atomic E-state index is -1.90. The van der Waals surface area contributed by atoms with Gasteiger partial charge in [-0.1, -0.05) is 69.6 Å². The molecule has 2 rings (SSSR count). The summed E-state index contributed by atoms with van der Waals surface area (Å²) in [6.45, 7) is 0. The van der Waals surface area contributed by atoms with E-state index in [1.807, 2.05) is 0 Å². The molecule has 0 bridgehead atoms. The smallest absolute Gasteiger partial charge is 0.337 e. The zero-order valence-electron chi connectivity index (χ0n) is 10.8. The quantitative estimate of drug-likeness (QED) is 0.467. The third-order valence-corrected chi connectivity index (χ3v) is 3.90. The molecule has 1 aliphatic heterocycles. The maximum atomic E-state index is 11.6. The van der Waals surface area contributed by atoms with Gasteiger partial charge in [-0.3, -0.25) is 0 Å². The van der Waals surface area contributed by atoms with Crippen LogP contribution in [0, 0.1) is 0 Å². The Labute approximate surface area is 156 Å². The molecule has 0 aromatic heterocycles. The number of ether oxygens (including phenoxy) is 3. The van der Waals surface area contributed by atoms with Crippen LogP contribution in [0.3, 0.4) is 0 Å². The van der Waals surface area contributed by atoms with Gasteiger partial charge in [-0.2, -0.15) is 0 Å². The van der Waals surface area contributed by atoms with Crippen LogP contribution in [0.1, 0.15) is 22.0 Å². The minimum Gasteiger partial charge on any atom is -0.465 e. The SMILES string of the molecule is COC(=O)c1ccc2c(c1)C(C(Cl)(Cl)Cl)OC(C(Cl)(Cl)Cl)O2. The molecule has 1 heterocycles. The fourth-order valence-corrected chi connectivity index (χ4v) is 2.64. The van der Waals surface area contributed by atoms with Crippen molar-refractivity contribution in [1.29, 1.82) is 0 Å². The highest BCUT2D eigenvalue weighted by Gasteiger charge is 2.48. The summed E-state index contributed by atoms with van der Waals surface area (Å²) >= 11 is 35.1. The van der Waals surface area contributed by atoms with E-state index in [-0.39, 0.29) is 11.3 Å². The van der Waals surface area contributed by atoms with Crippen molar-refractivity contribution in [2.75, 3.05) is 7.11 Å². The molecule has 22 heavy (non-hydrogen) atoms. The van der Waals surface area contributed by atoms with Crippen molar-refractivity contribution < 1.29 is 19.0 Å². The van der Waals surface area contributed by atoms with Crippen LogP contribution in [0.2, 0.25) is 0 Å². The summed E-state index contributed by atoms with van der Waals surface area (Å²) in [6.07, 6.45) is -2.39. The van der Waals surface area contributed by atoms with E-state index in [4.69, 9.17) is 79.1 Å². The van der Waals surface area contributed by atoms with Crippen LogP contribution in [-0.2, 0) is 9.47 Å². The summed E-state index contributed by atoms with van der Waals surface area (Å²) in [6, 6.07) is 4.39. The van der Waals surface area contributed by atoms with E-state index in [2.05, 4.69) is 4.74 Å². The monoisotopic (exact) mass is 426 g/mol. The normalized spacial score (nSPS) is 21.8. The minimum absolute atomic E-state index is 0.236. The summed E-state index contributed by atoms with van der Waals surface area (Å²) in [7, 11) is 1.25. The van der Waals surface area contributed by atoms with Crippen molar-refractivity contribution in [3.63, 3.8) is 0 Å². The molecule has 0 saturated heterocycles. The molecular weight excluding hydrogens is 421 g/mol. The van der Waals surface area contributed by atoms with Crippen LogP contribution in [0.15, 0.2) is 18.2 Å². The second-order valence-electron chi connectivity index (χ2n) is 4.29. The molecule has 122 valence electrons. The predicted molar refractivity (Wildman–Crippen MR) is 86.6 cm³/mol. The molecule has 0 saturated carbocycles. The zero-order chi connectivity index (χ0) is 16.7. The Bertz CT molecular complexity index is 580. The lowest BCUT2D eigenvalue weighted by atomic mass is 10.0. The lowest BCUT2D eigenvalue weighted by molar-refractivity contribution is -0.136. The third kappa shape index (κ3) is 3.99. The molecule has 10 heteroatoms. The lowest BCUT2D eigenvalue weighted by Gasteiger charge is -2.38. The molecule has 1 aliphatic rings. The Hall–Kier alpha value is 0.190. The fraction of sp³-hybridized carbons (Fsp3) is 0.417. The maximum absolute atomic E-state index is 11.6. The summed E-state index contributed by atoms with van der Waals surface area (Å²) in [5.41, 5.74) is 0.563. The molecule has 1 aromatic rings. The number of esters is 1. The molecule has 0 amide bonds. The van der Waals surface area contributed by atoms with Crippen molar-refractivity contribution in [2.24, 2.45) is 0 Å². The number of carbonyl (C=O) groups is 1. The molecule has 0 N–H and O–H groups in total. The van der Waals surface area contributed by atoms with Gasteiger partial charge in [-0.25, -0.2) is 4.79 Å². The van der Waals surface area contributed by atoms with Crippen LogP contribution in [0.5, 0.6) is 5.75 Å². The maximum Gasteiger partial charge on any atom is 0.337 e. The van der Waals surface area contributed by atoms with E-state index in [1.165, 1.54) is 25.3 Å². The van der Waals surface area contributed by atoms with Gasteiger partial charge >= 0.3 is 5.97 Å². The first-order valence-electron chi connectivity index (χ1n) is 5.72. The van der Waals surface area contributed by atoms with Gasteiger partial charge in [0.15, 0.2) is 0 Å².